The van der Waals surface area contributed by atoms with E-state index in [0.717, 1.165) is 6.42 Å². The van der Waals surface area contributed by atoms with E-state index in [2.05, 4.69) is 12.2 Å². The van der Waals surface area contributed by atoms with Crippen LogP contribution in [0.2, 0.25) is 0 Å². The molecule has 2 N–H and O–H groups in total. The highest BCUT2D eigenvalue weighted by atomic mass is 16.3. The van der Waals surface area contributed by atoms with Crippen molar-refractivity contribution in [1.29, 1.82) is 0 Å². The first kappa shape index (κ1) is 11.4. The number of aliphatic hydroxyl groups excluding tert-OH is 1. The second-order valence-corrected chi connectivity index (χ2v) is 3.37. The maximum atomic E-state index is 11.2. The van der Waals surface area contributed by atoms with Gasteiger partial charge in [-0.1, -0.05) is 20.3 Å². The molecule has 3 heteroatoms. The van der Waals surface area contributed by atoms with Crippen LogP contribution in [0.5, 0.6) is 0 Å². The molecule has 0 fully saturated rings. The molecule has 0 saturated carbocycles. The average Bonchev–Trinajstić information content (AvgIpc) is 2.03. The van der Waals surface area contributed by atoms with Crippen molar-refractivity contribution in [3.05, 3.63) is 0 Å². The van der Waals surface area contributed by atoms with Crippen LogP contribution in [0.15, 0.2) is 0 Å². The second-order valence-electron chi connectivity index (χ2n) is 3.37. The third kappa shape index (κ3) is 5.13. The van der Waals surface area contributed by atoms with Crippen LogP contribution in [-0.4, -0.2) is 23.7 Å². The average molecular weight is 173 g/mol. The highest BCUT2D eigenvalue weighted by molar-refractivity contribution is 5.76. The van der Waals surface area contributed by atoms with E-state index in [-0.39, 0.29) is 18.6 Å². The van der Waals surface area contributed by atoms with Gasteiger partial charge in [-0.3, -0.25) is 4.79 Å². The highest BCUT2D eigenvalue weighted by Gasteiger charge is 2.09. The minimum atomic E-state index is -0.124. The van der Waals surface area contributed by atoms with E-state index in [4.69, 9.17) is 5.11 Å². The van der Waals surface area contributed by atoms with Crippen molar-refractivity contribution in [3.63, 3.8) is 0 Å². The predicted octanol–water partition coefficient (Wildman–Crippen LogP) is 0.920. The van der Waals surface area contributed by atoms with E-state index >= 15 is 0 Å². The first-order valence-corrected chi connectivity index (χ1v) is 4.50. The van der Waals surface area contributed by atoms with Crippen molar-refractivity contribution in [2.45, 2.75) is 39.7 Å². The summed E-state index contributed by atoms with van der Waals surface area (Å²) in [4.78, 5) is 11.2. The van der Waals surface area contributed by atoms with Gasteiger partial charge >= 0.3 is 0 Å². The number of carbonyl (C=O) groups is 1. The maximum Gasteiger partial charge on any atom is 0.220 e. The summed E-state index contributed by atoms with van der Waals surface area (Å²) in [5.74, 6) is 0.460. The molecule has 0 aliphatic rings. The molecule has 0 rings (SSSR count). The van der Waals surface area contributed by atoms with Crippen LogP contribution >= 0.6 is 0 Å². The number of hydrogen-bond donors (Lipinski definition) is 2. The smallest absolute Gasteiger partial charge is 0.220 e. The van der Waals surface area contributed by atoms with Crippen LogP contribution in [0.3, 0.4) is 0 Å². The summed E-state index contributed by atoms with van der Waals surface area (Å²) in [6.45, 7) is 5.90. The first-order valence-electron chi connectivity index (χ1n) is 4.50. The van der Waals surface area contributed by atoms with Crippen LogP contribution in [0.25, 0.3) is 0 Å². The second kappa shape index (κ2) is 6.00. The fourth-order valence-electron chi connectivity index (χ4n) is 0.840. The van der Waals surface area contributed by atoms with Crippen LogP contribution in [0.1, 0.15) is 33.6 Å². The Hall–Kier alpha value is -0.570. The van der Waals surface area contributed by atoms with Gasteiger partial charge in [0.15, 0.2) is 0 Å². The predicted molar refractivity (Wildman–Crippen MR) is 48.8 cm³/mol. The molecule has 2 atom stereocenters. The third-order valence-electron chi connectivity index (χ3n) is 1.91. The molecule has 0 aromatic carbocycles. The Balaban J connectivity index is 3.59. The first-order chi connectivity index (χ1) is 5.60. The van der Waals surface area contributed by atoms with Gasteiger partial charge in [-0.2, -0.15) is 0 Å². The molecule has 0 aliphatic heterocycles. The van der Waals surface area contributed by atoms with Crippen LogP contribution in [-0.2, 0) is 4.79 Å². The van der Waals surface area contributed by atoms with E-state index < -0.39 is 0 Å². The summed E-state index contributed by atoms with van der Waals surface area (Å²) in [7, 11) is 0. The number of amides is 1. The fraction of sp³-hybridized carbons (Fsp3) is 0.889. The molecule has 0 spiro atoms. The van der Waals surface area contributed by atoms with Gasteiger partial charge < -0.3 is 10.4 Å². The lowest BCUT2D eigenvalue weighted by atomic mass is 10.0. The zero-order chi connectivity index (χ0) is 9.56. The van der Waals surface area contributed by atoms with Crippen molar-refractivity contribution >= 4 is 5.91 Å². The van der Waals surface area contributed by atoms with Crippen LogP contribution in [0, 0.1) is 5.92 Å². The Kier molecular flexibility index (Phi) is 5.72. The summed E-state index contributed by atoms with van der Waals surface area (Å²) in [6.07, 6.45) is 1.57. The summed E-state index contributed by atoms with van der Waals surface area (Å²) < 4.78 is 0. The van der Waals surface area contributed by atoms with Gasteiger partial charge in [-0.25, -0.2) is 0 Å². The molecule has 1 amide bonds. The SMILES string of the molecule is CCC(C)CC(=O)N[C@H](C)CO. The minimum Gasteiger partial charge on any atom is -0.394 e. The molecule has 0 heterocycles. The quantitative estimate of drug-likeness (QED) is 0.649. The summed E-state index contributed by atoms with van der Waals surface area (Å²) in [5.41, 5.74) is 0. The van der Waals surface area contributed by atoms with Gasteiger partial charge in [0.2, 0.25) is 5.91 Å². The van der Waals surface area contributed by atoms with E-state index in [1.165, 1.54) is 0 Å². The Morgan fingerprint density at radius 3 is 2.50 bits per heavy atom. The van der Waals surface area contributed by atoms with Crippen LogP contribution < -0.4 is 5.32 Å². The summed E-state index contributed by atoms with van der Waals surface area (Å²) in [6, 6.07) is -0.124. The van der Waals surface area contributed by atoms with Gasteiger partial charge in [-0.15, -0.1) is 0 Å². The normalized spacial score (nSPS) is 15.3. The molecule has 0 aromatic heterocycles. The molecule has 0 saturated heterocycles. The van der Waals surface area contributed by atoms with E-state index in [0.29, 0.717) is 12.3 Å². The maximum absolute atomic E-state index is 11.2. The Bertz CT molecular complexity index is 122. The van der Waals surface area contributed by atoms with Crippen molar-refractivity contribution in [3.8, 4) is 0 Å². The zero-order valence-electron chi connectivity index (χ0n) is 8.13. The molecular formula is C9H19NO2. The lowest BCUT2D eigenvalue weighted by Crippen LogP contribution is -2.35. The minimum absolute atomic E-state index is 0.00620. The van der Waals surface area contributed by atoms with Gasteiger partial charge in [0, 0.05) is 12.5 Å². The highest BCUT2D eigenvalue weighted by Crippen LogP contribution is 2.05. The number of nitrogens with one attached hydrogen (secondary N) is 1. The summed E-state index contributed by atoms with van der Waals surface area (Å²) >= 11 is 0. The lowest BCUT2D eigenvalue weighted by molar-refractivity contribution is -0.122. The van der Waals surface area contributed by atoms with Crippen molar-refractivity contribution in [1.82, 2.24) is 5.32 Å². The van der Waals surface area contributed by atoms with Gasteiger partial charge in [0.25, 0.3) is 0 Å². The molecule has 0 aromatic rings. The zero-order valence-corrected chi connectivity index (χ0v) is 8.13. The van der Waals surface area contributed by atoms with Crippen molar-refractivity contribution < 1.29 is 9.90 Å². The van der Waals surface area contributed by atoms with E-state index in [9.17, 15) is 4.79 Å². The molecule has 12 heavy (non-hydrogen) atoms. The van der Waals surface area contributed by atoms with E-state index in [1.807, 2.05) is 6.92 Å². The Labute approximate surface area is 74.2 Å². The van der Waals surface area contributed by atoms with Gasteiger partial charge in [0.1, 0.15) is 0 Å². The number of carbonyl (C=O) groups excluding carboxylic acids is 1. The lowest BCUT2D eigenvalue weighted by Gasteiger charge is -2.12. The third-order valence-corrected chi connectivity index (χ3v) is 1.91. The summed E-state index contributed by atoms with van der Waals surface area (Å²) in [5, 5.41) is 11.4. The molecule has 3 nitrogen and oxygen atoms in total. The fourth-order valence-corrected chi connectivity index (χ4v) is 0.840. The molecule has 0 radical (unpaired) electrons. The monoisotopic (exact) mass is 173 g/mol. The molecular weight excluding hydrogens is 154 g/mol. The topological polar surface area (TPSA) is 49.3 Å². The largest absolute Gasteiger partial charge is 0.394 e. The number of aliphatic hydroxyl groups is 1. The van der Waals surface area contributed by atoms with Crippen molar-refractivity contribution in [2.24, 2.45) is 5.92 Å². The molecule has 72 valence electrons. The Morgan fingerprint density at radius 2 is 2.08 bits per heavy atom. The molecule has 1 unspecified atom stereocenters. The van der Waals surface area contributed by atoms with Crippen LogP contribution in [0.4, 0.5) is 0 Å². The number of hydrogen-bond acceptors (Lipinski definition) is 2. The van der Waals surface area contributed by atoms with Gasteiger partial charge in [-0.05, 0) is 12.8 Å². The van der Waals surface area contributed by atoms with E-state index in [1.54, 1.807) is 6.92 Å². The standard InChI is InChI=1S/C9H19NO2/c1-4-7(2)5-9(12)10-8(3)6-11/h7-8,11H,4-6H2,1-3H3,(H,10,12)/t7?,8-/m1/s1. The molecule has 0 bridgehead atoms. The van der Waals surface area contributed by atoms with Crippen molar-refractivity contribution in [2.75, 3.05) is 6.61 Å². The molecule has 0 aliphatic carbocycles. The van der Waals surface area contributed by atoms with Gasteiger partial charge in [0.05, 0.1) is 6.61 Å². The number of rotatable bonds is 5. The Morgan fingerprint density at radius 1 is 1.50 bits per heavy atom.